The van der Waals surface area contributed by atoms with Crippen LogP contribution in [0.4, 0.5) is 5.69 Å². The summed E-state index contributed by atoms with van der Waals surface area (Å²) in [5.41, 5.74) is 4.38. The van der Waals surface area contributed by atoms with Crippen molar-refractivity contribution in [3.05, 3.63) is 58.5 Å². The molecule has 8 nitrogen and oxygen atoms in total. The highest BCUT2D eigenvalue weighted by molar-refractivity contribution is 7.92. The van der Waals surface area contributed by atoms with Crippen LogP contribution in [-0.2, 0) is 10.0 Å². The van der Waals surface area contributed by atoms with Crippen LogP contribution in [0, 0.1) is 27.7 Å². The number of benzene rings is 2. The molecular weight excluding hydrogens is 428 g/mol. The van der Waals surface area contributed by atoms with E-state index in [1.807, 2.05) is 32.9 Å². The van der Waals surface area contributed by atoms with Crippen molar-refractivity contribution in [2.75, 3.05) is 17.8 Å². The third kappa shape index (κ3) is 4.25. The molecule has 0 unspecified atom stereocenters. The van der Waals surface area contributed by atoms with Gasteiger partial charge in [0.25, 0.3) is 10.0 Å². The first kappa shape index (κ1) is 22.0. The molecule has 0 bridgehead atoms. The third-order valence-corrected chi connectivity index (χ3v) is 7.14. The largest absolute Gasteiger partial charge is 0.334 e. The molecule has 2 aromatic carbocycles. The maximum Gasteiger partial charge on any atom is 0.316 e. The Hall–Kier alpha value is -3.20. The van der Waals surface area contributed by atoms with Crippen molar-refractivity contribution in [2.45, 2.75) is 45.4 Å². The summed E-state index contributed by atoms with van der Waals surface area (Å²) in [5.74, 6) is -0.212. The van der Waals surface area contributed by atoms with Crippen LogP contribution in [0.2, 0.25) is 0 Å². The van der Waals surface area contributed by atoms with Crippen molar-refractivity contribution in [1.82, 2.24) is 15.0 Å². The van der Waals surface area contributed by atoms with E-state index in [9.17, 15) is 13.2 Å². The molecule has 1 amide bonds. The molecule has 1 N–H and O–H groups in total. The molecule has 1 aromatic heterocycles. The number of anilines is 1. The van der Waals surface area contributed by atoms with Gasteiger partial charge in [-0.25, -0.2) is 8.42 Å². The van der Waals surface area contributed by atoms with Gasteiger partial charge in [-0.2, -0.15) is 4.98 Å². The quantitative estimate of drug-likeness (QED) is 0.625. The van der Waals surface area contributed by atoms with Crippen LogP contribution in [0.5, 0.6) is 0 Å². The highest BCUT2D eigenvalue weighted by Crippen LogP contribution is 2.28. The van der Waals surface area contributed by atoms with Gasteiger partial charge < -0.3 is 9.42 Å². The number of aromatic nitrogens is 2. The first-order valence-corrected chi connectivity index (χ1v) is 12.0. The molecule has 9 heteroatoms. The smallest absolute Gasteiger partial charge is 0.316 e. The summed E-state index contributed by atoms with van der Waals surface area (Å²) in [7, 11) is -3.87. The topological polar surface area (TPSA) is 105 Å². The van der Waals surface area contributed by atoms with E-state index in [-0.39, 0.29) is 22.5 Å². The Balaban J connectivity index is 1.65. The summed E-state index contributed by atoms with van der Waals surface area (Å²) in [6, 6.07) is 8.78. The fourth-order valence-corrected chi connectivity index (χ4v) is 5.52. The van der Waals surface area contributed by atoms with Crippen molar-refractivity contribution in [3.63, 3.8) is 0 Å². The number of nitrogens with zero attached hydrogens (tertiary/aromatic N) is 3. The number of aryl methyl sites for hydroxylation is 4. The van der Waals surface area contributed by atoms with Crippen molar-refractivity contribution in [2.24, 2.45) is 0 Å². The lowest BCUT2D eigenvalue weighted by Gasteiger charge is -2.16. The minimum Gasteiger partial charge on any atom is -0.334 e. The number of carbonyl (C=O) groups is 1. The molecule has 32 heavy (non-hydrogen) atoms. The molecule has 1 fully saturated rings. The molecule has 2 heterocycles. The van der Waals surface area contributed by atoms with Gasteiger partial charge in [-0.3, -0.25) is 9.52 Å². The molecule has 0 aliphatic carbocycles. The van der Waals surface area contributed by atoms with Gasteiger partial charge in [-0.15, -0.1) is 0 Å². The zero-order valence-electron chi connectivity index (χ0n) is 18.6. The number of carbonyl (C=O) groups excluding carboxylic acids is 1. The molecule has 1 aliphatic rings. The number of nitrogens with one attached hydrogen (secondary N) is 1. The van der Waals surface area contributed by atoms with E-state index in [2.05, 4.69) is 14.9 Å². The molecule has 1 aliphatic heterocycles. The first-order chi connectivity index (χ1) is 15.2. The van der Waals surface area contributed by atoms with E-state index in [1.165, 1.54) is 6.07 Å². The second kappa shape index (κ2) is 8.38. The maximum absolute atomic E-state index is 13.2. The van der Waals surface area contributed by atoms with Crippen LogP contribution >= 0.6 is 0 Å². The van der Waals surface area contributed by atoms with Gasteiger partial charge in [0.1, 0.15) is 0 Å². The second-order valence-electron chi connectivity index (χ2n) is 8.28. The van der Waals surface area contributed by atoms with Crippen LogP contribution in [0.3, 0.4) is 0 Å². The lowest BCUT2D eigenvalue weighted by molar-refractivity contribution is 0.0743. The van der Waals surface area contributed by atoms with Gasteiger partial charge in [0.2, 0.25) is 5.82 Å². The van der Waals surface area contributed by atoms with Gasteiger partial charge in [0.05, 0.1) is 10.6 Å². The Kier molecular flexibility index (Phi) is 5.77. The Labute approximate surface area is 187 Å². The van der Waals surface area contributed by atoms with E-state index in [0.717, 1.165) is 29.5 Å². The third-order valence-electron chi connectivity index (χ3n) is 5.65. The number of amides is 1. The van der Waals surface area contributed by atoms with Crippen molar-refractivity contribution < 1.29 is 17.7 Å². The molecule has 4 rings (SSSR count). The van der Waals surface area contributed by atoms with Gasteiger partial charge in [0, 0.05) is 18.7 Å². The number of rotatable bonds is 5. The summed E-state index contributed by atoms with van der Waals surface area (Å²) in [5, 5.41) is 3.90. The standard InChI is InChI=1S/C23H26N4O4S/c1-14-11-16(3)20(17(4)12-14)26-32(29,30)19-13-18(8-7-15(19)2)21-24-22(31-25-21)23(28)27-9-5-6-10-27/h7-8,11-13,26H,5-6,9-10H2,1-4H3. The van der Waals surface area contributed by atoms with Gasteiger partial charge in [0.15, 0.2) is 0 Å². The first-order valence-electron chi connectivity index (χ1n) is 10.5. The SMILES string of the molecule is Cc1cc(C)c(NS(=O)(=O)c2cc(-c3noc(C(=O)N4CCCC4)n3)ccc2C)c(C)c1. The zero-order chi connectivity index (χ0) is 23.0. The molecule has 1 saturated heterocycles. The predicted octanol–water partition coefficient (Wildman–Crippen LogP) is 4.01. The van der Waals surface area contributed by atoms with Crippen LogP contribution in [0.15, 0.2) is 39.8 Å². The Morgan fingerprint density at radius 3 is 2.31 bits per heavy atom. The minimum atomic E-state index is -3.87. The Morgan fingerprint density at radius 1 is 1.00 bits per heavy atom. The van der Waals surface area contributed by atoms with E-state index < -0.39 is 10.0 Å². The highest BCUT2D eigenvalue weighted by atomic mass is 32.2. The zero-order valence-corrected chi connectivity index (χ0v) is 19.4. The maximum atomic E-state index is 13.2. The number of likely N-dealkylation sites (tertiary alicyclic amines) is 1. The fourth-order valence-electron chi connectivity index (χ4n) is 4.04. The van der Waals surface area contributed by atoms with Crippen LogP contribution < -0.4 is 4.72 Å². The normalized spacial score (nSPS) is 14.1. The monoisotopic (exact) mass is 454 g/mol. The van der Waals surface area contributed by atoms with Crippen molar-refractivity contribution in [3.8, 4) is 11.4 Å². The molecule has 0 radical (unpaired) electrons. The Morgan fingerprint density at radius 2 is 1.66 bits per heavy atom. The second-order valence-corrected chi connectivity index (χ2v) is 9.93. The van der Waals surface area contributed by atoms with E-state index in [1.54, 1.807) is 24.0 Å². The highest BCUT2D eigenvalue weighted by Gasteiger charge is 2.26. The molecule has 0 saturated carbocycles. The van der Waals surface area contributed by atoms with Gasteiger partial charge in [-0.1, -0.05) is 35.0 Å². The summed E-state index contributed by atoms with van der Waals surface area (Å²) in [6.45, 7) is 8.80. The molecule has 0 spiro atoms. The summed E-state index contributed by atoms with van der Waals surface area (Å²) < 4.78 is 34.4. The minimum absolute atomic E-state index is 0.0871. The number of hydrogen-bond donors (Lipinski definition) is 1. The van der Waals surface area contributed by atoms with Gasteiger partial charge in [-0.05, 0) is 63.3 Å². The van der Waals surface area contributed by atoms with Crippen LogP contribution in [0.1, 0.15) is 45.8 Å². The average molecular weight is 455 g/mol. The average Bonchev–Trinajstić information content (AvgIpc) is 3.43. The predicted molar refractivity (Wildman–Crippen MR) is 121 cm³/mol. The van der Waals surface area contributed by atoms with Crippen molar-refractivity contribution >= 4 is 21.6 Å². The van der Waals surface area contributed by atoms with Crippen LogP contribution in [0.25, 0.3) is 11.4 Å². The van der Waals surface area contributed by atoms with E-state index in [4.69, 9.17) is 4.52 Å². The number of hydrogen-bond acceptors (Lipinski definition) is 6. The lowest BCUT2D eigenvalue weighted by atomic mass is 10.1. The van der Waals surface area contributed by atoms with Gasteiger partial charge >= 0.3 is 11.8 Å². The molecular formula is C23H26N4O4S. The Bertz CT molecular complexity index is 1270. The van der Waals surface area contributed by atoms with E-state index in [0.29, 0.717) is 29.9 Å². The summed E-state index contributed by atoms with van der Waals surface area (Å²) in [4.78, 5) is 18.5. The van der Waals surface area contributed by atoms with Crippen molar-refractivity contribution in [1.29, 1.82) is 0 Å². The summed E-state index contributed by atoms with van der Waals surface area (Å²) >= 11 is 0. The fraction of sp³-hybridized carbons (Fsp3) is 0.348. The molecule has 3 aromatic rings. The molecule has 168 valence electrons. The van der Waals surface area contributed by atoms with Crippen LogP contribution in [-0.4, -0.2) is 42.5 Å². The molecule has 0 atom stereocenters. The number of sulfonamides is 1. The summed E-state index contributed by atoms with van der Waals surface area (Å²) in [6.07, 6.45) is 1.91. The lowest BCUT2D eigenvalue weighted by Crippen LogP contribution is -2.27. The van der Waals surface area contributed by atoms with E-state index >= 15 is 0 Å².